The van der Waals surface area contributed by atoms with Crippen LogP contribution in [0.4, 0.5) is 0 Å². The topological polar surface area (TPSA) is 26.3 Å². The van der Waals surface area contributed by atoms with Crippen LogP contribution in [0.25, 0.3) is 0 Å². The average molecular weight is 527 g/mol. The Hall–Kier alpha value is 0.0569. The number of hydrogen-bond acceptors (Lipinski definition) is 2. The van der Waals surface area contributed by atoms with Gasteiger partial charge >= 0.3 is 0 Å². The molecule has 29 heavy (non-hydrogen) atoms. The molecular weight excluding hydrogens is 487 g/mol. The predicted octanol–water partition coefficient (Wildman–Crippen LogP) is 7.24. The zero-order valence-corrected chi connectivity index (χ0v) is 22.4. The Balaban J connectivity index is 1.59. The smallest absolute Gasteiger partial charge is 0.187 e. The minimum absolute atomic E-state index is 0.120. The van der Waals surface area contributed by atoms with Crippen LogP contribution < -0.4 is 0 Å². The van der Waals surface area contributed by atoms with Gasteiger partial charge in [-0.05, 0) is 92.0 Å². The zero-order valence-electron chi connectivity index (χ0n) is 19.2. The molecule has 4 aliphatic rings. The van der Waals surface area contributed by atoms with Gasteiger partial charge in [-0.25, -0.2) is 0 Å². The van der Waals surface area contributed by atoms with Crippen LogP contribution in [0.5, 0.6) is 0 Å². The summed E-state index contributed by atoms with van der Waals surface area (Å²) in [7, 11) is -1.69. The van der Waals surface area contributed by atoms with Crippen molar-refractivity contribution in [2.45, 2.75) is 101 Å². The summed E-state index contributed by atoms with van der Waals surface area (Å²) in [5.74, 6) is 1.78. The summed E-state index contributed by atoms with van der Waals surface area (Å²) in [4.78, 5) is 12.0. The molecule has 2 saturated carbocycles. The van der Waals surface area contributed by atoms with Gasteiger partial charge in [-0.15, -0.1) is 0 Å². The molecule has 4 rings (SSSR count). The Kier molecular flexibility index (Phi) is 5.60. The van der Waals surface area contributed by atoms with Crippen molar-refractivity contribution < 1.29 is 9.22 Å². The molecule has 0 amide bonds. The predicted molar refractivity (Wildman–Crippen MR) is 132 cm³/mol. The highest BCUT2D eigenvalue weighted by Gasteiger charge is 2.57. The highest BCUT2D eigenvalue weighted by molar-refractivity contribution is 14.1. The summed E-state index contributed by atoms with van der Waals surface area (Å²) in [6, 6.07) is 1.22. The lowest BCUT2D eigenvalue weighted by atomic mass is 9.56. The van der Waals surface area contributed by atoms with E-state index in [1.165, 1.54) is 30.9 Å². The van der Waals surface area contributed by atoms with E-state index in [1.807, 2.05) is 6.08 Å². The summed E-state index contributed by atoms with van der Waals surface area (Å²) in [5, 5.41) is 0. The second-order valence-corrected chi connectivity index (χ2v) is 18.2. The van der Waals surface area contributed by atoms with E-state index in [4.69, 9.17) is 4.43 Å². The lowest BCUT2D eigenvalue weighted by Gasteiger charge is -2.53. The molecule has 0 bridgehead atoms. The first-order valence-electron chi connectivity index (χ1n) is 11.7. The van der Waals surface area contributed by atoms with Crippen molar-refractivity contribution in [2.24, 2.45) is 22.7 Å². The maximum absolute atomic E-state index is 12.0. The van der Waals surface area contributed by atoms with Crippen LogP contribution in [0.15, 0.2) is 23.3 Å². The third-order valence-corrected chi connectivity index (χ3v) is 12.8. The lowest BCUT2D eigenvalue weighted by Crippen LogP contribution is -2.49. The molecule has 0 aliphatic heterocycles. The molecule has 0 radical (unpaired) electrons. The molecule has 0 spiro atoms. The quantitative estimate of drug-likeness (QED) is 0.168. The fourth-order valence-corrected chi connectivity index (χ4v) is 12.4. The van der Waals surface area contributed by atoms with Crippen LogP contribution in [0, 0.1) is 22.7 Å². The highest BCUT2D eigenvalue weighted by Crippen LogP contribution is 2.63. The van der Waals surface area contributed by atoms with Crippen molar-refractivity contribution in [3.63, 3.8) is 0 Å². The summed E-state index contributed by atoms with van der Waals surface area (Å²) >= 11 is 2.70. The summed E-state index contributed by atoms with van der Waals surface area (Å²) < 4.78 is 7.14. The summed E-state index contributed by atoms with van der Waals surface area (Å²) in [6.45, 7) is 14.4. The number of carbonyl (C=O) groups excluding carboxylic acids is 1. The number of allylic oxidation sites excluding steroid dienone is 4. The number of halogens is 1. The molecule has 5 atom stereocenters. The van der Waals surface area contributed by atoms with Gasteiger partial charge in [-0.1, -0.05) is 61.9 Å². The Morgan fingerprint density at radius 1 is 1.21 bits per heavy atom. The average Bonchev–Trinajstić information content (AvgIpc) is 2.89. The molecule has 0 unspecified atom stereocenters. The maximum Gasteiger partial charge on any atom is 0.187 e. The van der Waals surface area contributed by atoms with E-state index in [1.54, 1.807) is 5.57 Å². The molecule has 0 N–H and O–H groups in total. The number of fused-ring (bicyclic) bond motifs is 5. The van der Waals surface area contributed by atoms with Gasteiger partial charge in [0.05, 0.1) is 9.53 Å². The number of alkyl halides is 1. The number of hydrogen-bond donors (Lipinski definition) is 0. The van der Waals surface area contributed by atoms with E-state index in [0.29, 0.717) is 23.2 Å². The molecule has 2 nitrogen and oxygen atoms in total. The zero-order chi connectivity index (χ0) is 21.2. The molecular formula is C25H39IO2Si. The first-order chi connectivity index (χ1) is 13.3. The van der Waals surface area contributed by atoms with E-state index in [0.717, 1.165) is 31.6 Å². The van der Waals surface area contributed by atoms with E-state index in [9.17, 15) is 4.79 Å². The number of ketones is 1. The van der Waals surface area contributed by atoms with E-state index < -0.39 is 8.32 Å². The lowest BCUT2D eigenvalue weighted by molar-refractivity contribution is -0.115. The molecule has 162 valence electrons. The van der Waals surface area contributed by atoms with E-state index in [2.05, 4.69) is 69.5 Å². The van der Waals surface area contributed by atoms with Gasteiger partial charge in [-0.3, -0.25) is 4.79 Å². The van der Waals surface area contributed by atoms with Crippen molar-refractivity contribution in [1.82, 2.24) is 0 Å². The second kappa shape index (κ2) is 7.30. The van der Waals surface area contributed by atoms with Gasteiger partial charge in [-0.2, -0.15) is 0 Å². The molecule has 0 aromatic heterocycles. The Morgan fingerprint density at radius 3 is 2.62 bits per heavy atom. The summed E-state index contributed by atoms with van der Waals surface area (Å²) in [6.07, 6.45) is 12.8. The minimum Gasteiger partial charge on any atom is -0.414 e. The standard InChI is InChI=1S/C25H39IO2Si/c1-23(2,3)16-29(5,6)28-22-10-9-20-19-8-7-17-15-18(27)11-14-25(17,26)21(19)12-13-24(20,22)4/h12,15,19-20,22H,7-11,13-14,16H2,1-6H3/t19-,20-,22-,24-,25+/m0/s1. The SMILES string of the molecule is CC(C)(C)C[Si](C)(C)O[C@H]1CC[C@H]2[C@@H]3CCC4=CC(=O)CC[C@]4(I)C3=CC[C@]12C. The van der Waals surface area contributed by atoms with Gasteiger partial charge in [0, 0.05) is 6.42 Å². The molecule has 4 heteroatoms. The molecule has 2 fully saturated rings. The van der Waals surface area contributed by atoms with Crippen LogP contribution in [0.3, 0.4) is 0 Å². The van der Waals surface area contributed by atoms with Gasteiger partial charge < -0.3 is 4.43 Å². The van der Waals surface area contributed by atoms with Crippen molar-refractivity contribution in [3.05, 3.63) is 23.3 Å². The van der Waals surface area contributed by atoms with Crippen molar-refractivity contribution >= 4 is 36.7 Å². The Bertz CT molecular complexity index is 761. The third kappa shape index (κ3) is 3.99. The Morgan fingerprint density at radius 2 is 1.93 bits per heavy atom. The van der Waals surface area contributed by atoms with Gasteiger partial charge in [0.2, 0.25) is 0 Å². The maximum atomic E-state index is 12.0. The number of carbonyl (C=O) groups is 1. The monoisotopic (exact) mass is 526 g/mol. The van der Waals surface area contributed by atoms with Gasteiger partial charge in [0.15, 0.2) is 14.1 Å². The van der Waals surface area contributed by atoms with Crippen molar-refractivity contribution in [2.75, 3.05) is 0 Å². The number of rotatable bonds is 3. The fourth-order valence-electron chi connectivity index (χ4n) is 7.33. The third-order valence-electron chi connectivity index (χ3n) is 8.13. The largest absolute Gasteiger partial charge is 0.414 e. The second-order valence-electron chi connectivity index (χ2n) is 12.2. The van der Waals surface area contributed by atoms with E-state index in [-0.39, 0.29) is 8.84 Å². The van der Waals surface area contributed by atoms with Crippen molar-refractivity contribution in [1.29, 1.82) is 0 Å². The van der Waals surface area contributed by atoms with Crippen molar-refractivity contribution in [3.8, 4) is 0 Å². The van der Waals surface area contributed by atoms with E-state index >= 15 is 0 Å². The molecule has 0 heterocycles. The van der Waals surface area contributed by atoms with Gasteiger partial charge in [0.1, 0.15) is 0 Å². The summed E-state index contributed by atoms with van der Waals surface area (Å²) in [5.41, 5.74) is 3.70. The Labute approximate surface area is 192 Å². The van der Waals surface area contributed by atoms with Crippen LogP contribution in [-0.2, 0) is 9.22 Å². The first-order valence-corrected chi connectivity index (χ1v) is 15.8. The highest BCUT2D eigenvalue weighted by atomic mass is 127. The minimum atomic E-state index is -1.69. The fraction of sp³-hybridized carbons (Fsp3) is 0.800. The van der Waals surface area contributed by atoms with Crippen LogP contribution in [0.1, 0.15) is 72.6 Å². The molecule has 0 saturated heterocycles. The molecule has 0 aromatic rings. The normalized spacial score (nSPS) is 40.0. The van der Waals surface area contributed by atoms with Gasteiger partial charge in [0.25, 0.3) is 0 Å². The molecule has 4 aliphatic carbocycles. The van der Waals surface area contributed by atoms with Crippen LogP contribution in [0.2, 0.25) is 19.1 Å². The van der Waals surface area contributed by atoms with Crippen LogP contribution in [-0.4, -0.2) is 23.6 Å². The first kappa shape index (κ1) is 22.3. The molecule has 0 aromatic carbocycles. The van der Waals surface area contributed by atoms with Crippen LogP contribution >= 0.6 is 22.6 Å².